The van der Waals surface area contributed by atoms with Crippen LogP contribution in [0.5, 0.6) is 11.5 Å². The van der Waals surface area contributed by atoms with Crippen LogP contribution >= 0.6 is 0 Å². The fourth-order valence-electron chi connectivity index (χ4n) is 3.58. The first-order valence-electron chi connectivity index (χ1n) is 9.07. The third-order valence-electron chi connectivity index (χ3n) is 4.80. The number of ketones is 1. The molecule has 0 aromatic heterocycles. The van der Waals surface area contributed by atoms with Crippen LogP contribution in [0.2, 0.25) is 0 Å². The van der Waals surface area contributed by atoms with Crippen molar-refractivity contribution in [3.63, 3.8) is 0 Å². The van der Waals surface area contributed by atoms with Crippen LogP contribution in [0, 0.1) is 6.92 Å². The second-order valence-electron chi connectivity index (χ2n) is 6.38. The van der Waals surface area contributed by atoms with Crippen LogP contribution in [0.15, 0.2) is 35.2 Å². The number of carbonyl (C=O) groups is 2. The molecule has 1 saturated heterocycles. The Balaban J connectivity index is 1.80. The Kier molecular flexibility index (Phi) is 4.30. The van der Waals surface area contributed by atoms with Crippen LogP contribution in [0.4, 0.5) is 0 Å². The molecule has 1 aromatic carbocycles. The Morgan fingerprint density at radius 2 is 2.11 bits per heavy atom. The number of esters is 1. The summed E-state index contributed by atoms with van der Waals surface area (Å²) in [5.74, 6) is 0.927. The second kappa shape index (κ2) is 6.64. The Hall–Kier alpha value is -2.96. The van der Waals surface area contributed by atoms with E-state index in [4.69, 9.17) is 18.9 Å². The highest BCUT2D eigenvalue weighted by molar-refractivity contribution is 6.14. The molecule has 1 fully saturated rings. The maximum atomic E-state index is 13.2. The van der Waals surface area contributed by atoms with E-state index in [1.807, 2.05) is 13.8 Å². The van der Waals surface area contributed by atoms with Gasteiger partial charge in [-0.25, -0.2) is 4.79 Å². The van der Waals surface area contributed by atoms with E-state index in [0.717, 1.165) is 5.56 Å². The molecule has 142 valence electrons. The van der Waals surface area contributed by atoms with E-state index in [9.17, 15) is 9.59 Å². The Labute approximate surface area is 157 Å². The lowest BCUT2D eigenvalue weighted by atomic mass is 9.92. The summed E-state index contributed by atoms with van der Waals surface area (Å²) in [5, 5.41) is 0. The van der Waals surface area contributed by atoms with Crippen molar-refractivity contribution in [3.8, 4) is 11.5 Å². The number of hydrogen-bond acceptors (Lipinski definition) is 7. The van der Waals surface area contributed by atoms with Gasteiger partial charge in [0.25, 0.3) is 0 Å². The number of nitrogens with zero attached hydrogens (tertiary/aromatic N) is 1. The predicted molar refractivity (Wildman–Crippen MR) is 95.5 cm³/mol. The zero-order valence-corrected chi connectivity index (χ0v) is 15.5. The molecule has 27 heavy (non-hydrogen) atoms. The van der Waals surface area contributed by atoms with Gasteiger partial charge in [0.05, 0.1) is 30.9 Å². The highest BCUT2D eigenvalue weighted by Gasteiger charge is 2.45. The lowest BCUT2D eigenvalue weighted by Gasteiger charge is -2.37. The van der Waals surface area contributed by atoms with Crippen LogP contribution in [0.25, 0.3) is 0 Å². The van der Waals surface area contributed by atoms with Gasteiger partial charge in [0.1, 0.15) is 23.7 Å². The quantitative estimate of drug-likeness (QED) is 0.752. The van der Waals surface area contributed by atoms with Gasteiger partial charge in [-0.15, -0.1) is 0 Å². The van der Waals surface area contributed by atoms with Gasteiger partial charge in [-0.05, 0) is 39.0 Å². The largest absolute Gasteiger partial charge is 0.493 e. The van der Waals surface area contributed by atoms with Crippen molar-refractivity contribution in [2.75, 3.05) is 26.4 Å². The zero-order chi connectivity index (χ0) is 19.1. The van der Waals surface area contributed by atoms with Crippen molar-refractivity contribution in [2.24, 2.45) is 0 Å². The van der Waals surface area contributed by atoms with Crippen molar-refractivity contribution >= 4 is 11.8 Å². The maximum absolute atomic E-state index is 13.2. The normalized spacial score (nSPS) is 20.1. The fourth-order valence-corrected chi connectivity index (χ4v) is 3.58. The zero-order valence-electron chi connectivity index (χ0n) is 15.5. The Morgan fingerprint density at radius 3 is 2.85 bits per heavy atom. The van der Waals surface area contributed by atoms with Crippen molar-refractivity contribution in [2.45, 2.75) is 27.0 Å². The number of carbonyl (C=O) groups excluding carboxylic acids is 2. The van der Waals surface area contributed by atoms with Gasteiger partial charge in [0, 0.05) is 5.56 Å². The molecule has 0 bridgehead atoms. The van der Waals surface area contributed by atoms with E-state index >= 15 is 0 Å². The number of hydrogen-bond donors (Lipinski definition) is 0. The van der Waals surface area contributed by atoms with Crippen molar-refractivity contribution in [3.05, 3.63) is 46.4 Å². The molecule has 1 aromatic rings. The molecule has 1 atom stereocenters. The molecule has 0 radical (unpaired) electrons. The highest BCUT2D eigenvalue weighted by Crippen LogP contribution is 2.42. The van der Waals surface area contributed by atoms with Gasteiger partial charge in [-0.3, -0.25) is 9.69 Å². The van der Waals surface area contributed by atoms with Gasteiger partial charge in [-0.1, -0.05) is 0 Å². The van der Waals surface area contributed by atoms with Crippen molar-refractivity contribution < 1.29 is 28.5 Å². The SMILES string of the molecule is CCOC(=O)C1=C2OCCN2C2Oc3c(ccc(OCC)c3C)C(=O)C2=C1. The van der Waals surface area contributed by atoms with Crippen molar-refractivity contribution in [1.82, 2.24) is 4.90 Å². The number of fused-ring (bicyclic) bond motifs is 4. The van der Waals surface area contributed by atoms with Crippen LogP contribution in [-0.2, 0) is 14.3 Å². The summed E-state index contributed by atoms with van der Waals surface area (Å²) in [4.78, 5) is 27.3. The Bertz CT molecular complexity index is 885. The summed E-state index contributed by atoms with van der Waals surface area (Å²) in [6.07, 6.45) is 0.910. The van der Waals surface area contributed by atoms with Crippen LogP contribution in [-0.4, -0.2) is 49.2 Å². The average Bonchev–Trinajstić information content (AvgIpc) is 3.14. The number of rotatable bonds is 4. The summed E-state index contributed by atoms with van der Waals surface area (Å²) in [5.41, 5.74) is 1.90. The van der Waals surface area contributed by atoms with Crippen LogP contribution < -0.4 is 9.47 Å². The topological polar surface area (TPSA) is 74.3 Å². The van der Waals surface area contributed by atoms with E-state index in [1.165, 1.54) is 6.08 Å². The predicted octanol–water partition coefficient (Wildman–Crippen LogP) is 2.34. The number of Topliss-reactive ketones (excluding diaryl/α,β-unsaturated/α-hetero) is 1. The van der Waals surface area contributed by atoms with Gasteiger partial charge < -0.3 is 18.9 Å². The third kappa shape index (κ3) is 2.65. The first-order valence-corrected chi connectivity index (χ1v) is 9.07. The molecule has 0 N–H and O–H groups in total. The van der Waals surface area contributed by atoms with Crippen LogP contribution in [0.3, 0.4) is 0 Å². The fraction of sp³-hybridized carbons (Fsp3) is 0.400. The summed E-state index contributed by atoms with van der Waals surface area (Å²) >= 11 is 0. The van der Waals surface area contributed by atoms with Gasteiger partial charge in [0.2, 0.25) is 12.1 Å². The minimum atomic E-state index is -0.628. The third-order valence-corrected chi connectivity index (χ3v) is 4.80. The number of benzene rings is 1. The van der Waals surface area contributed by atoms with E-state index < -0.39 is 12.2 Å². The molecule has 1 unspecified atom stereocenters. The molecule has 4 rings (SSSR count). The van der Waals surface area contributed by atoms with E-state index in [2.05, 4.69) is 0 Å². The standard InChI is InChI=1S/C20H21NO6/c1-4-24-15-7-6-12-16(22)13-10-14(20(23)25-5-2)18-21(8-9-26-18)19(13)27-17(12)11(15)3/h6-7,10,19H,4-5,8-9H2,1-3H3. The number of ether oxygens (including phenoxy) is 4. The van der Waals surface area contributed by atoms with Gasteiger partial charge >= 0.3 is 5.97 Å². The molecule has 3 heterocycles. The molecular weight excluding hydrogens is 350 g/mol. The van der Waals surface area contributed by atoms with E-state index in [0.29, 0.717) is 48.3 Å². The van der Waals surface area contributed by atoms with Crippen LogP contribution in [0.1, 0.15) is 29.8 Å². The molecule has 0 aliphatic carbocycles. The summed E-state index contributed by atoms with van der Waals surface area (Å²) in [6.45, 7) is 7.22. The summed E-state index contributed by atoms with van der Waals surface area (Å²) in [6, 6.07) is 3.48. The molecule has 0 amide bonds. The lowest BCUT2D eigenvalue weighted by molar-refractivity contribution is -0.138. The molecule has 0 spiro atoms. The smallest absolute Gasteiger partial charge is 0.343 e. The highest BCUT2D eigenvalue weighted by atomic mass is 16.6. The Morgan fingerprint density at radius 1 is 1.30 bits per heavy atom. The van der Waals surface area contributed by atoms with Crippen molar-refractivity contribution in [1.29, 1.82) is 0 Å². The summed E-state index contributed by atoms with van der Waals surface area (Å²) < 4.78 is 22.6. The molecule has 3 aliphatic heterocycles. The van der Waals surface area contributed by atoms with E-state index in [1.54, 1.807) is 24.0 Å². The first kappa shape index (κ1) is 17.5. The minimum Gasteiger partial charge on any atom is -0.493 e. The maximum Gasteiger partial charge on any atom is 0.343 e. The van der Waals surface area contributed by atoms with Gasteiger partial charge in [-0.2, -0.15) is 0 Å². The molecular formula is C20H21NO6. The van der Waals surface area contributed by atoms with E-state index in [-0.39, 0.29) is 18.0 Å². The molecule has 7 nitrogen and oxygen atoms in total. The lowest BCUT2D eigenvalue weighted by Crippen LogP contribution is -2.46. The monoisotopic (exact) mass is 371 g/mol. The second-order valence-corrected chi connectivity index (χ2v) is 6.38. The summed E-state index contributed by atoms with van der Waals surface area (Å²) in [7, 11) is 0. The first-order chi connectivity index (χ1) is 13.1. The molecule has 0 saturated carbocycles. The molecule has 3 aliphatic rings. The van der Waals surface area contributed by atoms with Gasteiger partial charge in [0.15, 0.2) is 5.78 Å². The minimum absolute atomic E-state index is 0.167. The molecule has 7 heteroatoms. The average molecular weight is 371 g/mol.